The van der Waals surface area contributed by atoms with Gasteiger partial charge in [0.15, 0.2) is 0 Å². The number of rotatable bonds is 3. The van der Waals surface area contributed by atoms with Crippen molar-refractivity contribution < 1.29 is 0 Å². The molecule has 1 aliphatic rings. The lowest BCUT2D eigenvalue weighted by molar-refractivity contribution is 0.273. The molecule has 1 fully saturated rings. The van der Waals surface area contributed by atoms with Crippen LogP contribution in [-0.2, 0) is 0 Å². The van der Waals surface area contributed by atoms with Gasteiger partial charge in [-0.25, -0.2) is 4.98 Å². The van der Waals surface area contributed by atoms with E-state index in [1.807, 2.05) is 0 Å². The van der Waals surface area contributed by atoms with Crippen LogP contribution in [0.5, 0.6) is 0 Å². The first-order chi connectivity index (χ1) is 8.22. The Balaban J connectivity index is 2.05. The summed E-state index contributed by atoms with van der Waals surface area (Å²) in [6, 6.07) is 0. The summed E-state index contributed by atoms with van der Waals surface area (Å²) in [5, 5.41) is 1.01. The second-order valence-corrected chi connectivity index (χ2v) is 5.76. The maximum absolute atomic E-state index is 11.5. The number of nitrogens with zero attached hydrogens (tertiary/aromatic N) is 3. The molecule has 0 atom stereocenters. The Morgan fingerprint density at radius 2 is 2.12 bits per heavy atom. The third-order valence-electron chi connectivity index (χ3n) is 2.85. The van der Waals surface area contributed by atoms with Crippen LogP contribution in [0.3, 0.4) is 0 Å². The minimum Gasteiger partial charge on any atom is -0.353 e. The highest BCUT2D eigenvalue weighted by atomic mass is 127. The molecule has 0 saturated carbocycles. The highest BCUT2D eigenvalue weighted by molar-refractivity contribution is 14.1. The first kappa shape index (κ1) is 13.3. The standard InChI is InChI=1S/C10H14BrIN4O/c11-1-2-15-3-5-16(6-4-15)9-8(12)10(17)14-7-13-9/h7H,1-6H2,(H,13,14,17). The Kier molecular flexibility index (Phi) is 4.80. The van der Waals surface area contributed by atoms with Crippen molar-refractivity contribution in [2.24, 2.45) is 0 Å². The van der Waals surface area contributed by atoms with Gasteiger partial charge in [0.1, 0.15) is 9.39 Å². The Hall–Kier alpha value is -0.150. The molecule has 0 bridgehead atoms. The molecule has 2 rings (SSSR count). The van der Waals surface area contributed by atoms with Crippen LogP contribution in [0, 0.1) is 3.57 Å². The summed E-state index contributed by atoms with van der Waals surface area (Å²) in [4.78, 5) is 23.0. The van der Waals surface area contributed by atoms with Gasteiger partial charge in [-0.1, -0.05) is 15.9 Å². The normalized spacial score (nSPS) is 17.4. The van der Waals surface area contributed by atoms with Crippen molar-refractivity contribution in [2.75, 3.05) is 43.0 Å². The Morgan fingerprint density at radius 1 is 1.41 bits per heavy atom. The number of hydrogen-bond donors (Lipinski definition) is 1. The molecular weight excluding hydrogens is 399 g/mol. The fourth-order valence-corrected chi connectivity index (χ4v) is 3.03. The molecule has 0 aliphatic carbocycles. The number of piperazine rings is 1. The average Bonchev–Trinajstić information content (AvgIpc) is 2.34. The average molecular weight is 413 g/mol. The maximum atomic E-state index is 11.5. The van der Waals surface area contributed by atoms with Gasteiger partial charge in [-0.05, 0) is 22.6 Å². The summed E-state index contributed by atoms with van der Waals surface area (Å²) >= 11 is 5.51. The van der Waals surface area contributed by atoms with Gasteiger partial charge in [0.05, 0.1) is 6.33 Å². The number of nitrogens with one attached hydrogen (secondary N) is 1. The first-order valence-electron chi connectivity index (χ1n) is 5.49. The number of halogens is 2. The smallest absolute Gasteiger partial charge is 0.266 e. The van der Waals surface area contributed by atoms with Crippen LogP contribution in [-0.4, -0.2) is 52.9 Å². The van der Waals surface area contributed by atoms with Gasteiger partial charge in [-0.15, -0.1) is 0 Å². The van der Waals surface area contributed by atoms with Crippen LogP contribution in [0.1, 0.15) is 0 Å². The summed E-state index contributed by atoms with van der Waals surface area (Å²) in [6.45, 7) is 4.99. The molecule has 2 heterocycles. The number of H-pyrrole nitrogens is 1. The van der Waals surface area contributed by atoms with E-state index >= 15 is 0 Å². The van der Waals surface area contributed by atoms with Crippen molar-refractivity contribution in [3.05, 3.63) is 20.3 Å². The third-order valence-corrected chi connectivity index (χ3v) is 4.18. The molecule has 0 unspecified atom stereocenters. The number of anilines is 1. The van der Waals surface area contributed by atoms with E-state index < -0.39 is 0 Å². The van der Waals surface area contributed by atoms with Gasteiger partial charge < -0.3 is 9.88 Å². The zero-order valence-corrected chi connectivity index (χ0v) is 13.1. The second-order valence-electron chi connectivity index (χ2n) is 3.89. The van der Waals surface area contributed by atoms with Crippen LogP contribution in [0.4, 0.5) is 5.82 Å². The fraction of sp³-hybridized carbons (Fsp3) is 0.600. The van der Waals surface area contributed by atoms with Gasteiger partial charge in [0, 0.05) is 38.1 Å². The van der Waals surface area contributed by atoms with E-state index in [-0.39, 0.29) is 5.56 Å². The lowest BCUT2D eigenvalue weighted by Gasteiger charge is -2.35. The Bertz CT molecular complexity index is 431. The topological polar surface area (TPSA) is 52.2 Å². The fourth-order valence-electron chi connectivity index (χ4n) is 1.90. The molecule has 94 valence electrons. The summed E-state index contributed by atoms with van der Waals surface area (Å²) in [5.41, 5.74) is -0.0570. The van der Waals surface area contributed by atoms with Gasteiger partial charge >= 0.3 is 0 Å². The van der Waals surface area contributed by atoms with E-state index in [1.165, 1.54) is 6.33 Å². The molecule has 1 aromatic rings. The second kappa shape index (κ2) is 6.14. The van der Waals surface area contributed by atoms with Crippen LogP contribution in [0.2, 0.25) is 0 Å². The lowest BCUT2D eigenvalue weighted by Crippen LogP contribution is -2.47. The van der Waals surface area contributed by atoms with E-state index in [1.54, 1.807) is 0 Å². The summed E-state index contributed by atoms with van der Waals surface area (Å²) < 4.78 is 0.680. The predicted octanol–water partition coefficient (Wildman–Crippen LogP) is 0.891. The number of aromatic nitrogens is 2. The highest BCUT2D eigenvalue weighted by Crippen LogP contribution is 2.17. The van der Waals surface area contributed by atoms with E-state index in [0.29, 0.717) is 3.57 Å². The van der Waals surface area contributed by atoms with Crippen molar-refractivity contribution in [1.82, 2.24) is 14.9 Å². The van der Waals surface area contributed by atoms with Gasteiger partial charge in [0.25, 0.3) is 5.56 Å². The number of aromatic amines is 1. The Morgan fingerprint density at radius 3 is 2.76 bits per heavy atom. The molecule has 1 aliphatic heterocycles. The summed E-state index contributed by atoms with van der Waals surface area (Å²) in [6.07, 6.45) is 1.48. The highest BCUT2D eigenvalue weighted by Gasteiger charge is 2.20. The third kappa shape index (κ3) is 3.19. The van der Waals surface area contributed by atoms with Crippen molar-refractivity contribution in [3.8, 4) is 0 Å². The van der Waals surface area contributed by atoms with Crippen LogP contribution in [0.25, 0.3) is 0 Å². The van der Waals surface area contributed by atoms with Crippen LogP contribution in [0.15, 0.2) is 11.1 Å². The van der Waals surface area contributed by atoms with E-state index in [2.05, 4.69) is 58.3 Å². The monoisotopic (exact) mass is 412 g/mol. The Labute approximate surface area is 122 Å². The first-order valence-corrected chi connectivity index (χ1v) is 7.69. The molecule has 0 amide bonds. The zero-order valence-electron chi connectivity index (χ0n) is 9.33. The van der Waals surface area contributed by atoms with Crippen LogP contribution >= 0.6 is 38.5 Å². The molecule has 1 aromatic heterocycles. The van der Waals surface area contributed by atoms with E-state index in [0.717, 1.165) is 43.9 Å². The minimum absolute atomic E-state index is 0.0570. The molecule has 1 N–H and O–H groups in total. The SMILES string of the molecule is O=c1[nH]cnc(N2CCN(CCBr)CC2)c1I. The molecular formula is C10H14BrIN4O. The quantitative estimate of drug-likeness (QED) is 0.591. The van der Waals surface area contributed by atoms with E-state index in [9.17, 15) is 4.79 Å². The molecule has 7 heteroatoms. The van der Waals surface area contributed by atoms with Crippen molar-refractivity contribution in [3.63, 3.8) is 0 Å². The zero-order chi connectivity index (χ0) is 12.3. The van der Waals surface area contributed by atoms with Gasteiger partial charge in [-0.3, -0.25) is 9.69 Å². The minimum atomic E-state index is -0.0570. The number of hydrogen-bond acceptors (Lipinski definition) is 4. The summed E-state index contributed by atoms with van der Waals surface area (Å²) in [5.74, 6) is 0.813. The molecule has 0 radical (unpaired) electrons. The van der Waals surface area contributed by atoms with Gasteiger partial charge in [0.2, 0.25) is 0 Å². The molecule has 0 aromatic carbocycles. The maximum Gasteiger partial charge on any atom is 0.266 e. The summed E-state index contributed by atoms with van der Waals surface area (Å²) in [7, 11) is 0. The van der Waals surface area contributed by atoms with Gasteiger partial charge in [-0.2, -0.15) is 0 Å². The molecule has 0 spiro atoms. The molecule has 5 nitrogen and oxygen atoms in total. The van der Waals surface area contributed by atoms with Crippen LogP contribution < -0.4 is 10.5 Å². The number of alkyl halides is 1. The predicted molar refractivity (Wildman–Crippen MR) is 80.0 cm³/mol. The molecule has 17 heavy (non-hydrogen) atoms. The van der Waals surface area contributed by atoms with Crippen molar-refractivity contribution in [1.29, 1.82) is 0 Å². The lowest BCUT2D eigenvalue weighted by atomic mass is 10.3. The van der Waals surface area contributed by atoms with Crippen molar-refractivity contribution in [2.45, 2.75) is 0 Å². The molecule has 1 saturated heterocycles. The van der Waals surface area contributed by atoms with Crippen molar-refractivity contribution >= 4 is 44.3 Å². The van der Waals surface area contributed by atoms with E-state index in [4.69, 9.17) is 0 Å². The largest absolute Gasteiger partial charge is 0.353 e.